The first kappa shape index (κ1) is 11.5. The number of esters is 1. The minimum absolute atomic E-state index is 0.269. The molecule has 18 heavy (non-hydrogen) atoms. The third-order valence-electron chi connectivity index (χ3n) is 4.00. The molecule has 1 aromatic carbocycles. The summed E-state index contributed by atoms with van der Waals surface area (Å²) in [7, 11) is 1.41. The summed E-state index contributed by atoms with van der Waals surface area (Å²) < 4.78 is 4.75. The molecule has 0 radical (unpaired) electrons. The summed E-state index contributed by atoms with van der Waals surface area (Å²) in [5, 5.41) is 3.43. The van der Waals surface area contributed by atoms with Crippen LogP contribution in [0.1, 0.15) is 27.9 Å². The summed E-state index contributed by atoms with van der Waals surface area (Å²) in [6, 6.07) is 5.85. The lowest BCUT2D eigenvalue weighted by Crippen LogP contribution is -2.26. The van der Waals surface area contributed by atoms with Gasteiger partial charge in [-0.15, -0.1) is 0 Å². The second kappa shape index (κ2) is 4.25. The molecule has 2 aliphatic rings. The van der Waals surface area contributed by atoms with Crippen molar-refractivity contribution in [2.45, 2.75) is 12.8 Å². The van der Waals surface area contributed by atoms with Crippen LogP contribution < -0.4 is 5.32 Å². The quantitative estimate of drug-likeness (QED) is 0.767. The highest BCUT2D eigenvalue weighted by atomic mass is 16.5. The molecule has 1 spiro atoms. The van der Waals surface area contributed by atoms with Gasteiger partial charge in [0.15, 0.2) is 0 Å². The maximum Gasteiger partial charge on any atom is 0.337 e. The van der Waals surface area contributed by atoms with E-state index in [1.165, 1.54) is 19.1 Å². The molecule has 1 aliphatic heterocycles. The van der Waals surface area contributed by atoms with Crippen LogP contribution in [0.25, 0.3) is 6.08 Å². The van der Waals surface area contributed by atoms with Gasteiger partial charge in [0, 0.05) is 12.0 Å². The maximum atomic E-state index is 11.5. The van der Waals surface area contributed by atoms with Crippen LogP contribution in [0.4, 0.5) is 0 Å². The number of rotatable bonds is 1. The van der Waals surface area contributed by atoms with Crippen molar-refractivity contribution in [1.82, 2.24) is 5.32 Å². The molecule has 1 saturated heterocycles. The Bertz CT molecular complexity index is 513. The highest BCUT2D eigenvalue weighted by molar-refractivity contribution is 5.90. The van der Waals surface area contributed by atoms with Crippen LogP contribution in [0.5, 0.6) is 0 Å². The minimum atomic E-state index is -0.269. The highest BCUT2D eigenvalue weighted by Gasteiger charge is 2.33. The standard InChI is InChI=1S/C15H17NO2/c1-18-14(17)12-2-3-13-9-15(6-7-16-10-15)5-4-11(13)8-12/h2-5,8,16H,6-7,9-10H2,1H3. The van der Waals surface area contributed by atoms with E-state index in [1.807, 2.05) is 12.1 Å². The van der Waals surface area contributed by atoms with E-state index in [0.717, 1.165) is 25.1 Å². The molecule has 1 aromatic rings. The first-order valence-electron chi connectivity index (χ1n) is 6.34. The fourth-order valence-electron chi connectivity index (χ4n) is 2.92. The Labute approximate surface area is 107 Å². The monoisotopic (exact) mass is 243 g/mol. The molecule has 0 saturated carbocycles. The molecular weight excluding hydrogens is 226 g/mol. The molecule has 0 aromatic heterocycles. The van der Waals surface area contributed by atoms with Crippen LogP contribution in [0.15, 0.2) is 24.3 Å². The minimum Gasteiger partial charge on any atom is -0.465 e. The maximum absolute atomic E-state index is 11.5. The summed E-state index contributed by atoms with van der Waals surface area (Å²) in [5.74, 6) is -0.269. The second-order valence-corrected chi connectivity index (χ2v) is 5.20. The van der Waals surface area contributed by atoms with Crippen LogP contribution in [0.2, 0.25) is 0 Å². The number of benzene rings is 1. The second-order valence-electron chi connectivity index (χ2n) is 5.20. The zero-order chi connectivity index (χ0) is 12.6. The van der Waals surface area contributed by atoms with Crippen molar-refractivity contribution >= 4 is 12.0 Å². The van der Waals surface area contributed by atoms with Gasteiger partial charge < -0.3 is 10.1 Å². The number of nitrogens with one attached hydrogen (secondary N) is 1. The van der Waals surface area contributed by atoms with Crippen molar-refractivity contribution in [2.75, 3.05) is 20.2 Å². The van der Waals surface area contributed by atoms with Crippen LogP contribution in [0, 0.1) is 5.41 Å². The van der Waals surface area contributed by atoms with E-state index in [0.29, 0.717) is 11.0 Å². The predicted octanol–water partition coefficient (Wildman–Crippen LogP) is 2.02. The number of ether oxygens (including phenoxy) is 1. The topological polar surface area (TPSA) is 38.3 Å². The normalized spacial score (nSPS) is 25.2. The average molecular weight is 243 g/mol. The van der Waals surface area contributed by atoms with Gasteiger partial charge in [0.1, 0.15) is 0 Å². The van der Waals surface area contributed by atoms with E-state index in [9.17, 15) is 4.79 Å². The van der Waals surface area contributed by atoms with Crippen molar-refractivity contribution in [3.63, 3.8) is 0 Å². The third-order valence-corrected chi connectivity index (χ3v) is 4.00. The number of carbonyl (C=O) groups is 1. The molecule has 1 heterocycles. The lowest BCUT2D eigenvalue weighted by molar-refractivity contribution is 0.0600. The average Bonchev–Trinajstić information content (AvgIpc) is 2.85. The smallest absolute Gasteiger partial charge is 0.337 e. The third kappa shape index (κ3) is 1.85. The van der Waals surface area contributed by atoms with Gasteiger partial charge in [0.25, 0.3) is 0 Å². The number of fused-ring (bicyclic) bond motifs is 1. The van der Waals surface area contributed by atoms with Gasteiger partial charge in [0.05, 0.1) is 12.7 Å². The van der Waals surface area contributed by atoms with E-state index in [2.05, 4.69) is 23.5 Å². The lowest BCUT2D eigenvalue weighted by Gasteiger charge is -2.29. The summed E-state index contributed by atoms with van der Waals surface area (Å²) in [6.07, 6.45) is 6.71. The molecule has 3 heteroatoms. The molecular formula is C15H17NO2. The van der Waals surface area contributed by atoms with Gasteiger partial charge in [-0.05, 0) is 42.6 Å². The Morgan fingerprint density at radius 3 is 3.06 bits per heavy atom. The molecule has 1 unspecified atom stereocenters. The molecule has 0 bridgehead atoms. The molecule has 94 valence electrons. The van der Waals surface area contributed by atoms with E-state index >= 15 is 0 Å². The van der Waals surface area contributed by atoms with Crippen molar-refractivity contribution in [3.8, 4) is 0 Å². The van der Waals surface area contributed by atoms with Crippen LogP contribution >= 0.6 is 0 Å². The molecule has 1 atom stereocenters. The number of methoxy groups -OCH3 is 1. The molecule has 3 nitrogen and oxygen atoms in total. The Morgan fingerprint density at radius 1 is 1.44 bits per heavy atom. The predicted molar refractivity (Wildman–Crippen MR) is 70.4 cm³/mol. The fraction of sp³-hybridized carbons (Fsp3) is 0.400. The SMILES string of the molecule is COC(=O)c1ccc2c(c1)C=CC1(CCNC1)C2. The summed E-state index contributed by atoms with van der Waals surface area (Å²) in [4.78, 5) is 11.5. The summed E-state index contributed by atoms with van der Waals surface area (Å²) >= 11 is 0. The van der Waals surface area contributed by atoms with Crippen LogP contribution in [-0.2, 0) is 11.2 Å². The van der Waals surface area contributed by atoms with Gasteiger partial charge in [-0.25, -0.2) is 4.79 Å². The van der Waals surface area contributed by atoms with Crippen LogP contribution in [0.3, 0.4) is 0 Å². The van der Waals surface area contributed by atoms with E-state index in [-0.39, 0.29) is 5.97 Å². The first-order valence-corrected chi connectivity index (χ1v) is 6.34. The van der Waals surface area contributed by atoms with Crippen molar-refractivity contribution in [1.29, 1.82) is 0 Å². The Balaban J connectivity index is 1.93. The Kier molecular flexibility index (Phi) is 2.71. The Morgan fingerprint density at radius 2 is 2.33 bits per heavy atom. The first-order chi connectivity index (χ1) is 8.72. The summed E-state index contributed by atoms with van der Waals surface area (Å²) in [5.41, 5.74) is 3.39. The Hall–Kier alpha value is -1.61. The lowest BCUT2D eigenvalue weighted by atomic mass is 9.75. The molecule has 3 rings (SSSR count). The van der Waals surface area contributed by atoms with Gasteiger partial charge in [-0.1, -0.05) is 18.2 Å². The summed E-state index contributed by atoms with van der Waals surface area (Å²) in [6.45, 7) is 2.15. The number of carbonyl (C=O) groups excluding carboxylic acids is 1. The van der Waals surface area contributed by atoms with Gasteiger partial charge in [-0.3, -0.25) is 0 Å². The van der Waals surface area contributed by atoms with Gasteiger partial charge in [-0.2, -0.15) is 0 Å². The van der Waals surface area contributed by atoms with Crippen LogP contribution in [-0.4, -0.2) is 26.2 Å². The van der Waals surface area contributed by atoms with E-state index < -0.39 is 0 Å². The number of hydrogen-bond acceptors (Lipinski definition) is 3. The largest absolute Gasteiger partial charge is 0.465 e. The zero-order valence-electron chi connectivity index (χ0n) is 10.5. The zero-order valence-corrected chi connectivity index (χ0v) is 10.5. The van der Waals surface area contributed by atoms with Crippen molar-refractivity contribution in [2.24, 2.45) is 5.41 Å². The fourth-order valence-corrected chi connectivity index (χ4v) is 2.92. The highest BCUT2D eigenvalue weighted by Crippen LogP contribution is 2.37. The van der Waals surface area contributed by atoms with Gasteiger partial charge >= 0.3 is 5.97 Å². The van der Waals surface area contributed by atoms with Crippen molar-refractivity contribution < 1.29 is 9.53 Å². The van der Waals surface area contributed by atoms with E-state index in [1.54, 1.807) is 0 Å². The van der Waals surface area contributed by atoms with Gasteiger partial charge in [0.2, 0.25) is 0 Å². The van der Waals surface area contributed by atoms with E-state index in [4.69, 9.17) is 4.74 Å². The number of hydrogen-bond donors (Lipinski definition) is 1. The molecule has 1 N–H and O–H groups in total. The van der Waals surface area contributed by atoms with Crippen molar-refractivity contribution in [3.05, 3.63) is 41.0 Å². The molecule has 1 fully saturated rings. The molecule has 0 amide bonds. The molecule has 1 aliphatic carbocycles.